The molecular weight excluding hydrogens is 450 g/mol. The number of benzene rings is 2. The molecule has 0 spiro atoms. The second-order valence-corrected chi connectivity index (χ2v) is 10.6. The van der Waals surface area contributed by atoms with Gasteiger partial charge in [0.15, 0.2) is 11.5 Å². The summed E-state index contributed by atoms with van der Waals surface area (Å²) < 4.78 is 39.6. The van der Waals surface area contributed by atoms with Crippen molar-refractivity contribution in [2.45, 2.75) is 26.3 Å². The summed E-state index contributed by atoms with van der Waals surface area (Å²) in [6, 6.07) is 13.8. The van der Waals surface area contributed by atoms with E-state index in [-0.39, 0.29) is 6.04 Å². The summed E-state index contributed by atoms with van der Waals surface area (Å²) in [6.07, 6.45) is 3.59. The molecule has 0 radical (unpaired) electrons. The molecule has 0 saturated heterocycles. The predicted molar refractivity (Wildman–Crippen MR) is 132 cm³/mol. The summed E-state index contributed by atoms with van der Waals surface area (Å²) in [7, 11) is -0.326. The highest BCUT2D eigenvalue weighted by Crippen LogP contribution is 2.48. The minimum Gasteiger partial charge on any atom is -0.493 e. The van der Waals surface area contributed by atoms with Gasteiger partial charge in [-0.25, -0.2) is 12.4 Å². The van der Waals surface area contributed by atoms with Gasteiger partial charge >= 0.3 is 0 Å². The second kappa shape index (κ2) is 7.67. The van der Waals surface area contributed by atoms with Gasteiger partial charge in [-0.1, -0.05) is 18.2 Å². The summed E-state index contributed by atoms with van der Waals surface area (Å²) in [5.41, 5.74) is 6.35. The number of nitrogens with zero attached hydrogens (tertiary/aromatic N) is 3. The van der Waals surface area contributed by atoms with Crippen LogP contribution in [0, 0.1) is 18.3 Å². The van der Waals surface area contributed by atoms with Crippen LogP contribution in [0.3, 0.4) is 0 Å². The van der Waals surface area contributed by atoms with E-state index in [2.05, 4.69) is 17.6 Å². The van der Waals surface area contributed by atoms with E-state index in [4.69, 9.17) is 9.47 Å². The Kier molecular flexibility index (Phi) is 4.99. The smallest absolute Gasteiger partial charge is 0.236 e. The van der Waals surface area contributed by atoms with Crippen molar-refractivity contribution in [1.82, 2.24) is 8.54 Å². The fourth-order valence-corrected chi connectivity index (χ4v) is 6.12. The molecule has 3 heterocycles. The van der Waals surface area contributed by atoms with Gasteiger partial charge in [-0.2, -0.15) is 5.26 Å². The van der Waals surface area contributed by atoms with Crippen LogP contribution >= 0.6 is 0 Å². The normalized spacial score (nSPS) is 15.0. The van der Waals surface area contributed by atoms with Crippen LogP contribution in [-0.4, -0.2) is 37.4 Å². The highest BCUT2D eigenvalue weighted by Gasteiger charge is 2.33. The highest BCUT2D eigenvalue weighted by molar-refractivity contribution is 7.89. The average Bonchev–Trinajstić information content (AvgIpc) is 3.34. The number of para-hydroxylation sites is 1. The average molecular weight is 476 g/mol. The van der Waals surface area contributed by atoms with Crippen LogP contribution in [0.4, 0.5) is 0 Å². The lowest BCUT2D eigenvalue weighted by atomic mass is 9.91. The molecule has 5 rings (SSSR count). The molecule has 0 aliphatic carbocycles. The number of hydrogen-bond donors (Lipinski definition) is 0. The molecule has 1 aliphatic rings. The fraction of sp³-hybridized carbons (Fsp3) is 0.269. The van der Waals surface area contributed by atoms with Crippen molar-refractivity contribution in [2.75, 3.05) is 20.5 Å². The molecule has 1 atom stereocenters. The molecule has 2 aromatic heterocycles. The lowest BCUT2D eigenvalue weighted by molar-refractivity contribution is 0.354. The third-order valence-corrected chi connectivity index (χ3v) is 7.70. The standard InChI is InChI=1S/C26H25N3O4S/c1-15-10-17-11-23(32-3)24(33-4)12-19(17)26-20(13-27)25(16(2)29(15)26)21-14-28(34(5,30)31)22-9-7-6-8-18(21)22/h6-9,11-12,14-15H,10H2,1-5H3. The molecule has 0 amide bonds. The van der Waals surface area contributed by atoms with Crippen LogP contribution in [0.1, 0.15) is 29.8 Å². The Morgan fingerprint density at radius 3 is 2.41 bits per heavy atom. The molecule has 4 aromatic rings. The van der Waals surface area contributed by atoms with Crippen molar-refractivity contribution in [2.24, 2.45) is 0 Å². The number of aromatic nitrogens is 2. The first-order chi connectivity index (χ1) is 16.2. The van der Waals surface area contributed by atoms with Gasteiger partial charge in [-0.05, 0) is 44.0 Å². The van der Waals surface area contributed by atoms with Gasteiger partial charge in [0.1, 0.15) is 6.07 Å². The second-order valence-electron chi connectivity index (χ2n) is 8.70. The van der Waals surface area contributed by atoms with Crippen molar-refractivity contribution in [3.05, 3.63) is 59.4 Å². The van der Waals surface area contributed by atoms with Gasteiger partial charge in [-0.15, -0.1) is 0 Å². The first kappa shape index (κ1) is 22.1. The van der Waals surface area contributed by atoms with E-state index in [0.29, 0.717) is 22.6 Å². The minimum atomic E-state index is -3.53. The fourth-order valence-electron chi connectivity index (χ4n) is 5.31. The number of nitriles is 1. The van der Waals surface area contributed by atoms with E-state index in [1.165, 1.54) is 10.2 Å². The zero-order valence-corrected chi connectivity index (χ0v) is 20.5. The zero-order chi connectivity index (χ0) is 24.4. The van der Waals surface area contributed by atoms with E-state index < -0.39 is 10.0 Å². The zero-order valence-electron chi connectivity index (χ0n) is 19.7. The largest absolute Gasteiger partial charge is 0.493 e. The van der Waals surface area contributed by atoms with Crippen LogP contribution in [0.2, 0.25) is 0 Å². The summed E-state index contributed by atoms with van der Waals surface area (Å²) in [5, 5.41) is 11.2. The molecule has 0 fully saturated rings. The first-order valence-electron chi connectivity index (χ1n) is 10.9. The molecule has 0 saturated carbocycles. The minimum absolute atomic E-state index is 0.102. The number of rotatable bonds is 4. The number of ether oxygens (including phenoxy) is 2. The van der Waals surface area contributed by atoms with Gasteiger partial charge in [0.05, 0.1) is 37.2 Å². The van der Waals surface area contributed by atoms with Crippen molar-refractivity contribution in [3.63, 3.8) is 0 Å². The van der Waals surface area contributed by atoms with E-state index in [0.717, 1.165) is 45.4 Å². The van der Waals surface area contributed by atoms with Crippen LogP contribution in [-0.2, 0) is 16.4 Å². The Morgan fingerprint density at radius 2 is 1.76 bits per heavy atom. The molecule has 7 nitrogen and oxygen atoms in total. The van der Waals surface area contributed by atoms with Crippen molar-refractivity contribution in [1.29, 1.82) is 5.26 Å². The molecule has 1 unspecified atom stereocenters. The maximum absolute atomic E-state index is 12.5. The van der Waals surface area contributed by atoms with E-state index in [9.17, 15) is 13.7 Å². The summed E-state index contributed by atoms with van der Waals surface area (Å²) >= 11 is 0. The Bertz CT molecular complexity index is 1620. The molecule has 1 aliphatic heterocycles. The van der Waals surface area contributed by atoms with Crippen molar-refractivity contribution in [3.8, 4) is 40.0 Å². The molecule has 174 valence electrons. The summed E-state index contributed by atoms with van der Waals surface area (Å²) in [5.74, 6) is 1.25. The highest BCUT2D eigenvalue weighted by atomic mass is 32.2. The van der Waals surface area contributed by atoms with Gasteiger partial charge in [-0.3, -0.25) is 0 Å². The van der Waals surface area contributed by atoms with Crippen LogP contribution in [0.15, 0.2) is 42.6 Å². The Morgan fingerprint density at radius 1 is 1.09 bits per heavy atom. The van der Waals surface area contributed by atoms with Crippen LogP contribution in [0.25, 0.3) is 33.3 Å². The van der Waals surface area contributed by atoms with E-state index in [1.807, 2.05) is 37.3 Å². The molecular formula is C26H25N3O4S. The molecule has 0 N–H and O–H groups in total. The molecule has 2 aromatic carbocycles. The van der Waals surface area contributed by atoms with Gasteiger partial charge in [0.25, 0.3) is 0 Å². The third kappa shape index (κ3) is 3.04. The lowest BCUT2D eigenvalue weighted by Crippen LogP contribution is -2.17. The van der Waals surface area contributed by atoms with E-state index >= 15 is 0 Å². The quantitative estimate of drug-likeness (QED) is 0.419. The number of fused-ring (bicyclic) bond motifs is 4. The Labute approximate surface area is 198 Å². The predicted octanol–water partition coefficient (Wildman–Crippen LogP) is 4.90. The summed E-state index contributed by atoms with van der Waals surface area (Å²) in [4.78, 5) is 0. The van der Waals surface area contributed by atoms with Gasteiger partial charge < -0.3 is 14.0 Å². The SMILES string of the molecule is COc1cc2c(cc1OC)-c1c(C#N)c(-c3cn(S(C)(=O)=O)c4ccccc34)c(C)n1C(C)C2. The van der Waals surface area contributed by atoms with Gasteiger partial charge in [0.2, 0.25) is 10.0 Å². The third-order valence-electron chi connectivity index (χ3n) is 6.69. The number of methoxy groups -OCH3 is 2. The Balaban J connectivity index is 1.88. The first-order valence-corrected chi connectivity index (χ1v) is 12.8. The van der Waals surface area contributed by atoms with Gasteiger partial charge in [0, 0.05) is 40.0 Å². The molecule has 0 bridgehead atoms. The van der Waals surface area contributed by atoms with Crippen LogP contribution in [0.5, 0.6) is 11.5 Å². The summed E-state index contributed by atoms with van der Waals surface area (Å²) in [6.45, 7) is 4.12. The van der Waals surface area contributed by atoms with Crippen molar-refractivity contribution < 1.29 is 17.9 Å². The molecule has 8 heteroatoms. The Hall–Kier alpha value is -3.70. The monoisotopic (exact) mass is 475 g/mol. The topological polar surface area (TPSA) is 86.2 Å². The maximum atomic E-state index is 12.5. The maximum Gasteiger partial charge on any atom is 0.236 e. The van der Waals surface area contributed by atoms with Crippen LogP contribution < -0.4 is 9.47 Å². The van der Waals surface area contributed by atoms with Crippen molar-refractivity contribution >= 4 is 20.9 Å². The lowest BCUT2D eigenvalue weighted by Gasteiger charge is -2.28. The number of hydrogen-bond acceptors (Lipinski definition) is 5. The molecule has 34 heavy (non-hydrogen) atoms. The van der Waals surface area contributed by atoms with E-state index in [1.54, 1.807) is 26.5 Å².